The van der Waals surface area contributed by atoms with Crippen molar-refractivity contribution >= 4 is 5.69 Å². The first-order valence-electron chi connectivity index (χ1n) is 3.87. The molecular formula is C9H9FN2O2. The molecule has 2 unspecified atom stereocenters. The average Bonchev–Trinajstić information content (AvgIpc) is 2.19. The van der Waals surface area contributed by atoms with Crippen molar-refractivity contribution in [2.24, 2.45) is 0 Å². The molecule has 74 valence electrons. The van der Waals surface area contributed by atoms with Crippen molar-refractivity contribution in [3.8, 4) is 6.07 Å². The zero-order valence-electron chi connectivity index (χ0n) is 7.18. The van der Waals surface area contributed by atoms with Gasteiger partial charge >= 0.3 is 0 Å². The van der Waals surface area contributed by atoms with E-state index in [0.29, 0.717) is 0 Å². The summed E-state index contributed by atoms with van der Waals surface area (Å²) < 4.78 is 13.1. The highest BCUT2D eigenvalue weighted by Gasteiger charge is 2.21. The van der Waals surface area contributed by atoms with E-state index >= 15 is 0 Å². The first-order valence-corrected chi connectivity index (χ1v) is 3.87. The third-order valence-electron chi connectivity index (χ3n) is 1.77. The summed E-state index contributed by atoms with van der Waals surface area (Å²) in [5.41, 5.74) is 5.44. The zero-order valence-corrected chi connectivity index (χ0v) is 7.18. The topological polar surface area (TPSA) is 90.3 Å². The fraction of sp³-hybridized carbons (Fsp3) is 0.222. The van der Waals surface area contributed by atoms with Crippen molar-refractivity contribution in [2.45, 2.75) is 12.2 Å². The Balaban J connectivity index is 3.07. The standard InChI is InChI=1S/C9H9FN2O2/c10-7-2-1-5(12)3-6(7)9(14)8(13)4-11/h1-3,8-9,13-14H,12H2. The zero-order chi connectivity index (χ0) is 10.7. The van der Waals surface area contributed by atoms with Gasteiger partial charge in [0.05, 0.1) is 6.07 Å². The number of rotatable bonds is 2. The van der Waals surface area contributed by atoms with E-state index in [1.54, 1.807) is 0 Å². The molecule has 0 aliphatic carbocycles. The van der Waals surface area contributed by atoms with Gasteiger partial charge in [-0.1, -0.05) is 0 Å². The van der Waals surface area contributed by atoms with E-state index in [2.05, 4.69) is 0 Å². The van der Waals surface area contributed by atoms with Gasteiger partial charge in [-0.05, 0) is 18.2 Å². The van der Waals surface area contributed by atoms with Gasteiger partial charge in [-0.3, -0.25) is 0 Å². The summed E-state index contributed by atoms with van der Waals surface area (Å²) >= 11 is 0. The molecule has 0 saturated heterocycles. The predicted octanol–water partition coefficient (Wildman–Crippen LogP) is 0.326. The van der Waals surface area contributed by atoms with Crippen molar-refractivity contribution in [2.75, 3.05) is 5.73 Å². The fourth-order valence-corrected chi connectivity index (χ4v) is 1.03. The molecule has 0 heterocycles. The fourth-order valence-electron chi connectivity index (χ4n) is 1.03. The van der Waals surface area contributed by atoms with Gasteiger partial charge in [-0.25, -0.2) is 4.39 Å². The molecule has 0 bridgehead atoms. The lowest BCUT2D eigenvalue weighted by Gasteiger charge is -2.13. The molecular weight excluding hydrogens is 187 g/mol. The van der Waals surface area contributed by atoms with Crippen LogP contribution in [-0.2, 0) is 0 Å². The summed E-state index contributed by atoms with van der Waals surface area (Å²) in [5.74, 6) is -0.707. The van der Waals surface area contributed by atoms with Crippen LogP contribution in [0.25, 0.3) is 0 Å². The van der Waals surface area contributed by atoms with Gasteiger partial charge in [0, 0.05) is 11.3 Å². The van der Waals surface area contributed by atoms with Gasteiger partial charge in [0.1, 0.15) is 11.9 Å². The maximum atomic E-state index is 13.1. The van der Waals surface area contributed by atoms with Gasteiger partial charge in [0.25, 0.3) is 0 Å². The molecule has 0 aliphatic heterocycles. The molecule has 1 aromatic rings. The third kappa shape index (κ3) is 1.99. The number of nitrogen functional groups attached to an aromatic ring is 1. The van der Waals surface area contributed by atoms with Crippen molar-refractivity contribution in [3.63, 3.8) is 0 Å². The van der Waals surface area contributed by atoms with Crippen LogP contribution in [0.4, 0.5) is 10.1 Å². The monoisotopic (exact) mass is 196 g/mol. The number of hydrogen-bond acceptors (Lipinski definition) is 4. The molecule has 0 saturated carbocycles. The van der Waals surface area contributed by atoms with E-state index in [1.165, 1.54) is 18.2 Å². The molecule has 4 nitrogen and oxygen atoms in total. The normalized spacial score (nSPS) is 14.4. The summed E-state index contributed by atoms with van der Waals surface area (Å²) in [5, 5.41) is 26.6. The summed E-state index contributed by atoms with van der Waals surface area (Å²) in [6.45, 7) is 0. The number of aliphatic hydroxyl groups is 2. The summed E-state index contributed by atoms with van der Waals surface area (Å²) in [6.07, 6.45) is -3.24. The van der Waals surface area contributed by atoms with Crippen LogP contribution in [-0.4, -0.2) is 16.3 Å². The summed E-state index contributed by atoms with van der Waals surface area (Å²) in [7, 11) is 0. The molecule has 0 fully saturated rings. The van der Waals surface area contributed by atoms with Crippen LogP contribution in [0.3, 0.4) is 0 Å². The molecule has 14 heavy (non-hydrogen) atoms. The van der Waals surface area contributed by atoms with Crippen LogP contribution < -0.4 is 5.73 Å². The maximum Gasteiger partial charge on any atom is 0.170 e. The van der Waals surface area contributed by atoms with E-state index < -0.39 is 18.0 Å². The molecule has 1 rings (SSSR count). The smallest absolute Gasteiger partial charge is 0.170 e. The number of nitrogens with zero attached hydrogens (tertiary/aromatic N) is 1. The molecule has 1 aromatic carbocycles. The van der Waals surface area contributed by atoms with Gasteiger partial charge in [-0.2, -0.15) is 5.26 Å². The second-order valence-electron chi connectivity index (χ2n) is 2.80. The van der Waals surface area contributed by atoms with Gasteiger partial charge < -0.3 is 15.9 Å². The molecule has 0 amide bonds. The van der Waals surface area contributed by atoms with Crippen molar-refractivity contribution in [3.05, 3.63) is 29.6 Å². The second kappa shape index (κ2) is 4.05. The van der Waals surface area contributed by atoms with E-state index in [0.717, 1.165) is 6.07 Å². The number of anilines is 1. The Hall–Kier alpha value is -1.64. The van der Waals surface area contributed by atoms with Crippen LogP contribution in [0.5, 0.6) is 0 Å². The summed E-state index contributed by atoms with van der Waals surface area (Å²) in [6, 6.07) is 4.98. The molecule has 0 spiro atoms. The Kier molecular flexibility index (Phi) is 3.02. The van der Waals surface area contributed by atoms with Gasteiger partial charge in [-0.15, -0.1) is 0 Å². The average molecular weight is 196 g/mol. The molecule has 0 radical (unpaired) electrons. The Morgan fingerprint density at radius 3 is 2.64 bits per heavy atom. The Morgan fingerprint density at radius 2 is 2.07 bits per heavy atom. The number of halogens is 1. The Bertz CT molecular complexity index is 376. The largest absolute Gasteiger partial charge is 0.399 e. The number of benzene rings is 1. The summed E-state index contributed by atoms with van der Waals surface area (Å²) in [4.78, 5) is 0. The van der Waals surface area contributed by atoms with Crippen LogP contribution in [0.1, 0.15) is 11.7 Å². The minimum atomic E-state index is -1.66. The van der Waals surface area contributed by atoms with E-state index in [4.69, 9.17) is 16.1 Å². The van der Waals surface area contributed by atoms with E-state index in [9.17, 15) is 9.50 Å². The SMILES string of the molecule is N#CC(O)C(O)c1cc(N)ccc1F. The van der Waals surface area contributed by atoms with E-state index in [-0.39, 0.29) is 11.3 Å². The van der Waals surface area contributed by atoms with E-state index in [1.807, 2.05) is 0 Å². The molecule has 2 atom stereocenters. The van der Waals surface area contributed by atoms with Crippen LogP contribution in [0.15, 0.2) is 18.2 Å². The maximum absolute atomic E-state index is 13.1. The number of hydrogen-bond donors (Lipinski definition) is 3. The lowest BCUT2D eigenvalue weighted by molar-refractivity contribution is 0.0503. The van der Waals surface area contributed by atoms with Crippen LogP contribution in [0, 0.1) is 17.1 Å². The quantitative estimate of drug-likeness (QED) is 0.469. The number of aliphatic hydroxyl groups excluding tert-OH is 2. The molecule has 4 N–H and O–H groups in total. The predicted molar refractivity (Wildman–Crippen MR) is 47.4 cm³/mol. The number of nitrogens with two attached hydrogens (primary N) is 1. The minimum absolute atomic E-state index is 0.181. The Labute approximate surface area is 80.0 Å². The number of nitriles is 1. The van der Waals surface area contributed by atoms with Crippen LogP contribution in [0.2, 0.25) is 0 Å². The third-order valence-corrected chi connectivity index (χ3v) is 1.77. The van der Waals surface area contributed by atoms with Gasteiger partial charge in [0.15, 0.2) is 6.10 Å². The first kappa shape index (κ1) is 10.4. The molecule has 0 aliphatic rings. The lowest BCUT2D eigenvalue weighted by Crippen LogP contribution is -2.17. The minimum Gasteiger partial charge on any atom is -0.399 e. The Morgan fingerprint density at radius 1 is 1.43 bits per heavy atom. The molecule has 5 heteroatoms. The van der Waals surface area contributed by atoms with Crippen molar-refractivity contribution in [1.82, 2.24) is 0 Å². The second-order valence-corrected chi connectivity index (χ2v) is 2.80. The first-order chi connectivity index (χ1) is 6.56. The lowest BCUT2D eigenvalue weighted by atomic mass is 10.0. The van der Waals surface area contributed by atoms with Crippen molar-refractivity contribution < 1.29 is 14.6 Å². The van der Waals surface area contributed by atoms with Crippen molar-refractivity contribution in [1.29, 1.82) is 5.26 Å². The highest BCUT2D eigenvalue weighted by Crippen LogP contribution is 2.22. The highest BCUT2D eigenvalue weighted by atomic mass is 19.1. The van der Waals surface area contributed by atoms with Gasteiger partial charge in [0.2, 0.25) is 0 Å². The highest BCUT2D eigenvalue weighted by molar-refractivity contribution is 5.42. The molecule has 0 aromatic heterocycles. The van der Waals surface area contributed by atoms with Crippen LogP contribution >= 0.6 is 0 Å².